The Morgan fingerprint density at radius 1 is 1.47 bits per heavy atom. The second-order valence-corrected chi connectivity index (χ2v) is 5.72. The van der Waals surface area contributed by atoms with Crippen LogP contribution in [0.4, 0.5) is 0 Å². The average molecular weight is 227 g/mol. The molecule has 0 radical (unpaired) electrons. The third kappa shape index (κ3) is 5.62. The van der Waals surface area contributed by atoms with E-state index in [0.29, 0.717) is 0 Å². The van der Waals surface area contributed by atoms with Crippen LogP contribution in [0, 0.1) is 5.92 Å². The van der Waals surface area contributed by atoms with Crippen molar-refractivity contribution in [3.8, 4) is 0 Å². The van der Waals surface area contributed by atoms with Crippen LogP contribution in [0.5, 0.6) is 0 Å². The van der Waals surface area contributed by atoms with Gasteiger partial charge in [0.05, 0.1) is 0 Å². The van der Waals surface area contributed by atoms with Crippen LogP contribution in [0.25, 0.3) is 0 Å². The minimum absolute atomic E-state index is 0.734. The molecule has 2 heteroatoms. The third-order valence-electron chi connectivity index (χ3n) is 3.33. The van der Waals surface area contributed by atoms with Gasteiger partial charge in [-0.1, -0.05) is 6.08 Å². The minimum atomic E-state index is 0.734. The number of thioether (sulfide) groups is 1. The highest BCUT2D eigenvalue weighted by molar-refractivity contribution is 7.99. The zero-order chi connectivity index (χ0) is 10.9. The van der Waals surface area contributed by atoms with Crippen molar-refractivity contribution in [2.75, 3.05) is 18.6 Å². The summed E-state index contributed by atoms with van der Waals surface area (Å²) in [6.07, 6.45) is 10.0. The van der Waals surface area contributed by atoms with Crippen molar-refractivity contribution < 1.29 is 0 Å². The molecule has 1 atom stereocenters. The fraction of sp³-hybridized carbons (Fsp3) is 0.846. The van der Waals surface area contributed by atoms with Crippen LogP contribution in [-0.4, -0.2) is 24.6 Å². The number of unbranched alkanes of at least 4 members (excludes halogenated alkanes) is 1. The van der Waals surface area contributed by atoms with Crippen LogP contribution in [0.3, 0.4) is 0 Å². The Hall–Kier alpha value is 0.0500. The van der Waals surface area contributed by atoms with E-state index in [1.165, 1.54) is 50.0 Å². The molecule has 0 bridgehead atoms. The normalized spacial score (nSPS) is 20.1. The van der Waals surface area contributed by atoms with Crippen molar-refractivity contribution in [3.63, 3.8) is 0 Å². The SMILES string of the molecule is C=CCCCC(CC1CCSCC1)NC. The van der Waals surface area contributed by atoms with Crippen molar-refractivity contribution in [2.45, 2.75) is 44.6 Å². The molecule has 1 nitrogen and oxygen atoms in total. The van der Waals surface area contributed by atoms with Gasteiger partial charge < -0.3 is 5.32 Å². The predicted octanol–water partition coefficient (Wildman–Crippen LogP) is 3.46. The first kappa shape index (κ1) is 13.1. The van der Waals surface area contributed by atoms with Crippen molar-refractivity contribution in [3.05, 3.63) is 12.7 Å². The number of allylic oxidation sites excluding steroid dienone is 1. The molecule has 1 heterocycles. The monoisotopic (exact) mass is 227 g/mol. The smallest absolute Gasteiger partial charge is 0.00668 e. The van der Waals surface area contributed by atoms with Crippen molar-refractivity contribution in [2.24, 2.45) is 5.92 Å². The largest absolute Gasteiger partial charge is 0.317 e. The van der Waals surface area contributed by atoms with Crippen LogP contribution in [0.1, 0.15) is 38.5 Å². The third-order valence-corrected chi connectivity index (χ3v) is 4.38. The molecule has 88 valence electrons. The number of hydrogen-bond acceptors (Lipinski definition) is 2. The van der Waals surface area contributed by atoms with E-state index < -0.39 is 0 Å². The van der Waals surface area contributed by atoms with E-state index in [9.17, 15) is 0 Å². The molecule has 1 unspecified atom stereocenters. The van der Waals surface area contributed by atoms with Crippen molar-refractivity contribution in [1.82, 2.24) is 5.32 Å². The van der Waals surface area contributed by atoms with Crippen LogP contribution < -0.4 is 5.32 Å². The summed E-state index contributed by atoms with van der Waals surface area (Å²) < 4.78 is 0. The Morgan fingerprint density at radius 3 is 2.80 bits per heavy atom. The number of hydrogen-bond donors (Lipinski definition) is 1. The molecule has 1 aliphatic heterocycles. The Bertz CT molecular complexity index is 164. The molecule has 0 amide bonds. The summed E-state index contributed by atoms with van der Waals surface area (Å²) >= 11 is 2.12. The van der Waals surface area contributed by atoms with E-state index in [1.54, 1.807) is 0 Å². The van der Waals surface area contributed by atoms with Gasteiger partial charge in [0.15, 0.2) is 0 Å². The van der Waals surface area contributed by atoms with Gasteiger partial charge in [-0.15, -0.1) is 6.58 Å². The van der Waals surface area contributed by atoms with E-state index in [4.69, 9.17) is 0 Å². The fourth-order valence-corrected chi connectivity index (χ4v) is 3.48. The second kappa shape index (κ2) is 8.23. The lowest BCUT2D eigenvalue weighted by atomic mass is 9.92. The molecule has 1 aliphatic rings. The summed E-state index contributed by atoms with van der Waals surface area (Å²) in [6.45, 7) is 3.78. The first-order valence-corrected chi connectivity index (χ1v) is 7.38. The minimum Gasteiger partial charge on any atom is -0.317 e. The van der Waals surface area contributed by atoms with Gasteiger partial charge in [-0.25, -0.2) is 0 Å². The summed E-state index contributed by atoms with van der Waals surface area (Å²) in [7, 11) is 2.11. The predicted molar refractivity (Wildman–Crippen MR) is 71.6 cm³/mol. The molecule has 0 aromatic carbocycles. The van der Waals surface area contributed by atoms with Gasteiger partial charge in [-0.2, -0.15) is 11.8 Å². The van der Waals surface area contributed by atoms with Gasteiger partial charge in [0, 0.05) is 6.04 Å². The zero-order valence-electron chi connectivity index (χ0n) is 10.0. The Kier molecular flexibility index (Phi) is 7.20. The standard InChI is InChI=1S/C13H25NS/c1-3-4-5-6-13(14-2)11-12-7-9-15-10-8-12/h3,12-14H,1,4-11H2,2H3. The maximum Gasteiger partial charge on any atom is 0.00668 e. The van der Waals surface area contributed by atoms with Crippen LogP contribution >= 0.6 is 11.8 Å². The Balaban J connectivity index is 2.16. The first-order chi connectivity index (χ1) is 7.36. The Morgan fingerprint density at radius 2 is 2.20 bits per heavy atom. The van der Waals surface area contributed by atoms with Crippen LogP contribution in [-0.2, 0) is 0 Å². The van der Waals surface area contributed by atoms with E-state index in [-0.39, 0.29) is 0 Å². The Labute approximate surface area is 99.1 Å². The molecule has 15 heavy (non-hydrogen) atoms. The van der Waals surface area contributed by atoms with Gasteiger partial charge in [-0.3, -0.25) is 0 Å². The molecular weight excluding hydrogens is 202 g/mol. The average Bonchev–Trinajstić information content (AvgIpc) is 2.29. The van der Waals surface area contributed by atoms with Crippen LogP contribution in [0.2, 0.25) is 0 Å². The molecule has 0 aromatic heterocycles. The molecule has 0 saturated carbocycles. The molecule has 1 saturated heterocycles. The molecule has 0 aromatic rings. The maximum absolute atomic E-state index is 3.78. The lowest BCUT2D eigenvalue weighted by Gasteiger charge is -2.26. The van der Waals surface area contributed by atoms with E-state index in [0.717, 1.165) is 12.0 Å². The second-order valence-electron chi connectivity index (χ2n) is 4.50. The van der Waals surface area contributed by atoms with Gasteiger partial charge in [0.25, 0.3) is 0 Å². The number of rotatable bonds is 7. The highest BCUT2D eigenvalue weighted by Gasteiger charge is 2.17. The van der Waals surface area contributed by atoms with E-state index in [2.05, 4.69) is 30.7 Å². The molecule has 1 rings (SSSR count). The summed E-state index contributed by atoms with van der Waals surface area (Å²) in [5.41, 5.74) is 0. The molecular formula is C13H25NS. The van der Waals surface area contributed by atoms with Crippen LogP contribution in [0.15, 0.2) is 12.7 Å². The summed E-state index contributed by atoms with van der Waals surface area (Å²) in [4.78, 5) is 0. The highest BCUT2D eigenvalue weighted by atomic mass is 32.2. The topological polar surface area (TPSA) is 12.0 Å². The first-order valence-electron chi connectivity index (χ1n) is 6.22. The number of nitrogens with one attached hydrogen (secondary N) is 1. The molecule has 1 N–H and O–H groups in total. The summed E-state index contributed by atoms with van der Waals surface area (Å²) in [5, 5.41) is 3.47. The van der Waals surface area contributed by atoms with Crippen molar-refractivity contribution in [1.29, 1.82) is 0 Å². The highest BCUT2D eigenvalue weighted by Crippen LogP contribution is 2.27. The molecule has 0 spiro atoms. The van der Waals surface area contributed by atoms with E-state index >= 15 is 0 Å². The lowest BCUT2D eigenvalue weighted by molar-refractivity contribution is 0.360. The molecule has 0 aliphatic carbocycles. The van der Waals surface area contributed by atoms with E-state index in [1.807, 2.05) is 6.08 Å². The van der Waals surface area contributed by atoms with Gasteiger partial charge in [-0.05, 0) is 63.0 Å². The summed E-state index contributed by atoms with van der Waals surface area (Å²) in [6, 6.07) is 0.734. The molecule has 1 fully saturated rings. The summed E-state index contributed by atoms with van der Waals surface area (Å²) in [5.74, 6) is 3.74. The fourth-order valence-electron chi connectivity index (χ4n) is 2.27. The van der Waals surface area contributed by atoms with Crippen molar-refractivity contribution >= 4 is 11.8 Å². The van der Waals surface area contributed by atoms with Gasteiger partial charge in [0.2, 0.25) is 0 Å². The lowest BCUT2D eigenvalue weighted by Crippen LogP contribution is -2.29. The maximum atomic E-state index is 3.78. The van der Waals surface area contributed by atoms with Gasteiger partial charge in [0.1, 0.15) is 0 Å². The quantitative estimate of drug-likeness (QED) is 0.528. The van der Waals surface area contributed by atoms with Gasteiger partial charge >= 0.3 is 0 Å². The zero-order valence-corrected chi connectivity index (χ0v) is 10.8.